The van der Waals surface area contributed by atoms with Gasteiger partial charge in [-0.05, 0) is 31.4 Å². The summed E-state index contributed by atoms with van der Waals surface area (Å²) >= 11 is 0. The van der Waals surface area contributed by atoms with Gasteiger partial charge in [0, 0.05) is 37.5 Å². The molecule has 7 nitrogen and oxygen atoms in total. The smallest absolute Gasteiger partial charge is 0.274 e. The maximum absolute atomic E-state index is 12.9. The quantitative estimate of drug-likeness (QED) is 0.737. The molecular weight excluding hydrogens is 292 g/mol. The molecule has 118 valence electrons. The molecule has 0 radical (unpaired) electrons. The molecule has 1 saturated heterocycles. The Hall–Kier alpha value is -2.70. The fourth-order valence-corrected chi connectivity index (χ4v) is 3.16. The molecule has 1 amide bonds. The van der Waals surface area contributed by atoms with Crippen molar-refractivity contribution in [2.75, 3.05) is 6.54 Å². The second-order valence-electron chi connectivity index (χ2n) is 5.83. The number of carbonyl (C=O) groups excluding carboxylic acids is 1. The first-order valence-corrected chi connectivity index (χ1v) is 7.89. The van der Waals surface area contributed by atoms with Crippen LogP contribution in [0.4, 0.5) is 0 Å². The Bertz CT molecular complexity index is 776. The van der Waals surface area contributed by atoms with Gasteiger partial charge in [0.2, 0.25) is 5.78 Å². The number of aromatic nitrogens is 5. The number of fused-ring (bicyclic) bond motifs is 1. The Morgan fingerprint density at radius 3 is 2.96 bits per heavy atom. The molecule has 3 aromatic rings. The van der Waals surface area contributed by atoms with Crippen molar-refractivity contribution in [3.63, 3.8) is 0 Å². The molecule has 0 bridgehead atoms. The van der Waals surface area contributed by atoms with Crippen molar-refractivity contribution < 1.29 is 4.79 Å². The third-order valence-corrected chi connectivity index (χ3v) is 4.30. The molecule has 0 aromatic carbocycles. The highest BCUT2D eigenvalue weighted by Gasteiger charge is 2.29. The molecule has 4 heterocycles. The first kappa shape index (κ1) is 13.9. The topological polar surface area (TPSA) is 68.3 Å². The Morgan fingerprint density at radius 1 is 1.22 bits per heavy atom. The minimum absolute atomic E-state index is 0.0210. The summed E-state index contributed by atoms with van der Waals surface area (Å²) in [5, 5.41) is 4.26. The van der Waals surface area contributed by atoms with Crippen molar-refractivity contribution in [3.8, 4) is 0 Å². The minimum atomic E-state index is -0.0210. The van der Waals surface area contributed by atoms with Crippen molar-refractivity contribution in [3.05, 3.63) is 48.8 Å². The van der Waals surface area contributed by atoms with E-state index in [1.165, 1.54) is 0 Å². The van der Waals surface area contributed by atoms with Gasteiger partial charge in [0.05, 0.1) is 12.6 Å². The molecule has 7 heteroatoms. The summed E-state index contributed by atoms with van der Waals surface area (Å²) in [6.45, 7) is 1.50. The van der Waals surface area contributed by atoms with Crippen molar-refractivity contribution >= 4 is 11.7 Å². The van der Waals surface area contributed by atoms with E-state index in [2.05, 4.69) is 15.1 Å². The number of amides is 1. The van der Waals surface area contributed by atoms with Gasteiger partial charge < -0.3 is 4.90 Å². The molecule has 0 saturated carbocycles. The zero-order valence-electron chi connectivity index (χ0n) is 12.7. The van der Waals surface area contributed by atoms with Crippen LogP contribution in [0.1, 0.15) is 29.8 Å². The van der Waals surface area contributed by atoms with Crippen LogP contribution in [0.2, 0.25) is 0 Å². The van der Waals surface area contributed by atoms with Gasteiger partial charge in [-0.25, -0.2) is 9.97 Å². The summed E-state index contributed by atoms with van der Waals surface area (Å²) in [4.78, 5) is 23.4. The summed E-state index contributed by atoms with van der Waals surface area (Å²) in [7, 11) is 0. The molecule has 1 atom stereocenters. The summed E-state index contributed by atoms with van der Waals surface area (Å²) < 4.78 is 3.67. The lowest BCUT2D eigenvalue weighted by molar-refractivity contribution is 0.0578. The van der Waals surface area contributed by atoms with Gasteiger partial charge in [0.15, 0.2) is 0 Å². The van der Waals surface area contributed by atoms with E-state index in [1.54, 1.807) is 23.0 Å². The molecule has 1 fully saturated rings. The molecular formula is C16H18N6O. The highest BCUT2D eigenvalue weighted by molar-refractivity contribution is 5.93. The number of rotatable bonds is 3. The number of likely N-dealkylation sites (tertiary alicyclic amines) is 1. The van der Waals surface area contributed by atoms with Crippen LogP contribution in [-0.2, 0) is 6.54 Å². The average molecular weight is 310 g/mol. The predicted molar refractivity (Wildman–Crippen MR) is 83.9 cm³/mol. The van der Waals surface area contributed by atoms with E-state index in [1.807, 2.05) is 34.1 Å². The van der Waals surface area contributed by atoms with E-state index < -0.39 is 0 Å². The highest BCUT2D eigenvalue weighted by Crippen LogP contribution is 2.21. The molecule has 1 aliphatic heterocycles. The maximum Gasteiger partial charge on any atom is 0.274 e. The van der Waals surface area contributed by atoms with Crippen LogP contribution < -0.4 is 0 Å². The third kappa shape index (κ3) is 2.69. The van der Waals surface area contributed by atoms with Crippen LogP contribution in [0.3, 0.4) is 0 Å². The van der Waals surface area contributed by atoms with Gasteiger partial charge in [-0.15, -0.1) is 0 Å². The van der Waals surface area contributed by atoms with E-state index in [9.17, 15) is 4.79 Å². The van der Waals surface area contributed by atoms with E-state index in [0.29, 0.717) is 11.5 Å². The number of hydrogen-bond donors (Lipinski definition) is 0. The molecule has 0 unspecified atom stereocenters. The Kier molecular flexibility index (Phi) is 3.53. The van der Waals surface area contributed by atoms with Crippen molar-refractivity contribution in [1.29, 1.82) is 0 Å². The molecule has 1 aliphatic rings. The number of carbonyl (C=O) groups is 1. The van der Waals surface area contributed by atoms with E-state index in [-0.39, 0.29) is 11.9 Å². The standard InChI is InChI=1S/C16H18N6O/c23-15(14-12-20-8-3-6-17-16(20)19-14)22-10-2-1-5-13(22)11-21-9-4-7-18-21/h3-4,6-9,12-13H,1-2,5,10-11H2/t13-/m1/s1. The lowest BCUT2D eigenvalue weighted by Gasteiger charge is -2.35. The van der Waals surface area contributed by atoms with Crippen LogP contribution in [0.15, 0.2) is 43.1 Å². The van der Waals surface area contributed by atoms with Crippen LogP contribution >= 0.6 is 0 Å². The highest BCUT2D eigenvalue weighted by atomic mass is 16.2. The fourth-order valence-electron chi connectivity index (χ4n) is 3.16. The number of nitrogens with zero attached hydrogens (tertiary/aromatic N) is 6. The molecule has 4 rings (SSSR count). The van der Waals surface area contributed by atoms with E-state index in [4.69, 9.17) is 0 Å². The van der Waals surface area contributed by atoms with Crippen LogP contribution in [-0.4, -0.2) is 47.5 Å². The summed E-state index contributed by atoms with van der Waals surface area (Å²) in [5.74, 6) is 0.531. The third-order valence-electron chi connectivity index (χ3n) is 4.30. The Morgan fingerprint density at radius 2 is 2.13 bits per heavy atom. The second-order valence-corrected chi connectivity index (χ2v) is 5.83. The van der Waals surface area contributed by atoms with E-state index >= 15 is 0 Å². The first-order chi connectivity index (χ1) is 11.3. The fraction of sp³-hybridized carbons (Fsp3) is 0.375. The molecule has 0 spiro atoms. The molecule has 3 aromatic heterocycles. The van der Waals surface area contributed by atoms with Gasteiger partial charge in [-0.3, -0.25) is 13.9 Å². The Balaban J connectivity index is 1.59. The predicted octanol–water partition coefficient (Wildman–Crippen LogP) is 1.62. The summed E-state index contributed by atoms with van der Waals surface area (Å²) in [6, 6.07) is 3.89. The maximum atomic E-state index is 12.9. The lowest BCUT2D eigenvalue weighted by atomic mass is 10.0. The number of hydrogen-bond acceptors (Lipinski definition) is 4. The normalized spacial score (nSPS) is 18.4. The SMILES string of the molecule is O=C(c1cn2cccnc2n1)N1CCCC[C@@H]1Cn1cccn1. The van der Waals surface area contributed by atoms with Gasteiger partial charge in [-0.1, -0.05) is 0 Å². The second kappa shape index (κ2) is 5.83. The van der Waals surface area contributed by atoms with E-state index in [0.717, 1.165) is 32.4 Å². The van der Waals surface area contributed by atoms with Crippen LogP contribution in [0.25, 0.3) is 5.78 Å². The van der Waals surface area contributed by atoms with Crippen LogP contribution in [0.5, 0.6) is 0 Å². The van der Waals surface area contributed by atoms with Gasteiger partial charge in [0.1, 0.15) is 5.69 Å². The molecule has 0 aliphatic carbocycles. The lowest BCUT2D eigenvalue weighted by Crippen LogP contribution is -2.46. The average Bonchev–Trinajstić information content (AvgIpc) is 3.23. The molecule has 23 heavy (non-hydrogen) atoms. The van der Waals surface area contributed by atoms with Gasteiger partial charge in [0.25, 0.3) is 5.91 Å². The van der Waals surface area contributed by atoms with Gasteiger partial charge in [-0.2, -0.15) is 5.10 Å². The number of imidazole rings is 1. The van der Waals surface area contributed by atoms with Gasteiger partial charge >= 0.3 is 0 Å². The first-order valence-electron chi connectivity index (χ1n) is 7.89. The minimum Gasteiger partial charge on any atom is -0.332 e. The van der Waals surface area contributed by atoms with Crippen molar-refractivity contribution in [2.45, 2.75) is 31.8 Å². The summed E-state index contributed by atoms with van der Waals surface area (Å²) in [6.07, 6.45) is 12.2. The largest absolute Gasteiger partial charge is 0.332 e. The zero-order valence-corrected chi connectivity index (χ0v) is 12.7. The monoisotopic (exact) mass is 310 g/mol. The van der Waals surface area contributed by atoms with Crippen LogP contribution in [0, 0.1) is 0 Å². The Labute approximate surface area is 133 Å². The number of piperidine rings is 1. The van der Waals surface area contributed by atoms with Crippen molar-refractivity contribution in [2.24, 2.45) is 0 Å². The van der Waals surface area contributed by atoms with Crippen molar-refractivity contribution in [1.82, 2.24) is 29.0 Å². The molecule has 0 N–H and O–H groups in total. The zero-order chi connectivity index (χ0) is 15.6. The summed E-state index contributed by atoms with van der Waals surface area (Å²) in [5.41, 5.74) is 0.455.